The fourth-order valence-electron chi connectivity index (χ4n) is 3.55. The Morgan fingerprint density at radius 2 is 2.17 bits per heavy atom. The first kappa shape index (κ1) is 16.8. The van der Waals surface area contributed by atoms with Gasteiger partial charge in [0.1, 0.15) is 5.75 Å². The number of para-hydroxylation sites is 2. The number of nitrogens with two attached hydrogens (primary N) is 1. The number of carbonyl (C=O) groups is 2. The molecule has 2 amide bonds. The largest absolute Gasteiger partial charge is 0.482 e. The van der Waals surface area contributed by atoms with Gasteiger partial charge in [0.25, 0.3) is 5.91 Å². The van der Waals surface area contributed by atoms with Crippen LogP contribution in [0.1, 0.15) is 26.2 Å². The molecule has 24 heavy (non-hydrogen) atoms. The number of fused-ring (bicyclic) bond motifs is 1. The summed E-state index contributed by atoms with van der Waals surface area (Å²) in [4.78, 5) is 28.4. The van der Waals surface area contributed by atoms with E-state index < -0.39 is 0 Å². The Bertz CT molecular complexity index is 619. The van der Waals surface area contributed by atoms with Crippen LogP contribution < -0.4 is 15.4 Å². The van der Waals surface area contributed by atoms with Crippen molar-refractivity contribution in [2.75, 3.05) is 31.1 Å². The van der Waals surface area contributed by atoms with E-state index in [1.54, 1.807) is 4.90 Å². The molecule has 0 radical (unpaired) electrons. The molecule has 130 valence electrons. The second-order valence-electron chi connectivity index (χ2n) is 6.66. The quantitative estimate of drug-likeness (QED) is 0.904. The summed E-state index contributed by atoms with van der Waals surface area (Å²) in [5, 5.41) is 0. The van der Waals surface area contributed by atoms with E-state index in [1.807, 2.05) is 29.2 Å². The Kier molecular flexibility index (Phi) is 5.04. The second-order valence-corrected chi connectivity index (χ2v) is 6.66. The number of anilines is 1. The van der Waals surface area contributed by atoms with Crippen LogP contribution in [0.2, 0.25) is 0 Å². The zero-order valence-electron chi connectivity index (χ0n) is 14.1. The molecule has 3 rings (SSSR count). The number of hydrogen-bond acceptors (Lipinski definition) is 4. The van der Waals surface area contributed by atoms with Crippen molar-refractivity contribution in [3.8, 4) is 5.75 Å². The third-order valence-electron chi connectivity index (χ3n) is 4.93. The Balaban J connectivity index is 1.65. The van der Waals surface area contributed by atoms with Crippen molar-refractivity contribution >= 4 is 17.5 Å². The van der Waals surface area contributed by atoms with Crippen LogP contribution in [0, 0.1) is 5.92 Å². The molecule has 6 nitrogen and oxygen atoms in total. The fourth-order valence-corrected chi connectivity index (χ4v) is 3.55. The zero-order valence-corrected chi connectivity index (χ0v) is 14.1. The Morgan fingerprint density at radius 3 is 2.96 bits per heavy atom. The second kappa shape index (κ2) is 7.21. The maximum atomic E-state index is 12.6. The summed E-state index contributed by atoms with van der Waals surface area (Å²) >= 11 is 0. The normalized spacial score (nSPS) is 23.7. The number of rotatable bonds is 4. The molecule has 1 aromatic carbocycles. The highest BCUT2D eigenvalue weighted by molar-refractivity contribution is 5.98. The summed E-state index contributed by atoms with van der Waals surface area (Å²) in [6, 6.07) is 7.55. The lowest BCUT2D eigenvalue weighted by molar-refractivity contribution is -0.135. The molecule has 0 saturated carbocycles. The van der Waals surface area contributed by atoms with Gasteiger partial charge in [-0.25, -0.2) is 0 Å². The lowest BCUT2D eigenvalue weighted by Gasteiger charge is -2.38. The predicted molar refractivity (Wildman–Crippen MR) is 91.9 cm³/mol. The summed E-state index contributed by atoms with van der Waals surface area (Å²) in [5.74, 6) is 1.27. The van der Waals surface area contributed by atoms with E-state index in [0.717, 1.165) is 25.1 Å². The van der Waals surface area contributed by atoms with Crippen molar-refractivity contribution in [2.45, 2.75) is 32.2 Å². The van der Waals surface area contributed by atoms with Gasteiger partial charge in [0.05, 0.1) is 5.69 Å². The molecule has 0 aromatic heterocycles. The third-order valence-corrected chi connectivity index (χ3v) is 4.93. The number of amides is 2. The first-order valence-electron chi connectivity index (χ1n) is 8.62. The summed E-state index contributed by atoms with van der Waals surface area (Å²) in [6.07, 6.45) is 2.29. The zero-order chi connectivity index (χ0) is 17.1. The molecule has 2 aliphatic heterocycles. The molecular weight excluding hydrogens is 306 g/mol. The van der Waals surface area contributed by atoms with Crippen LogP contribution in [0.15, 0.2) is 24.3 Å². The van der Waals surface area contributed by atoms with Gasteiger partial charge < -0.3 is 20.3 Å². The lowest BCUT2D eigenvalue weighted by atomic mass is 9.92. The van der Waals surface area contributed by atoms with Gasteiger partial charge in [0.2, 0.25) is 5.91 Å². The van der Waals surface area contributed by atoms with Crippen LogP contribution >= 0.6 is 0 Å². The van der Waals surface area contributed by atoms with Crippen molar-refractivity contribution in [1.82, 2.24) is 4.90 Å². The van der Waals surface area contributed by atoms with Crippen LogP contribution in [0.4, 0.5) is 5.69 Å². The number of benzene rings is 1. The van der Waals surface area contributed by atoms with Gasteiger partial charge in [-0.1, -0.05) is 19.1 Å². The number of piperidine rings is 1. The molecule has 0 bridgehead atoms. The Morgan fingerprint density at radius 1 is 1.38 bits per heavy atom. The van der Waals surface area contributed by atoms with Crippen molar-refractivity contribution in [3.63, 3.8) is 0 Å². The number of nitrogens with zero attached hydrogens (tertiary/aromatic N) is 2. The minimum atomic E-state index is -0.107. The maximum absolute atomic E-state index is 12.6. The fraction of sp³-hybridized carbons (Fsp3) is 0.556. The van der Waals surface area contributed by atoms with Gasteiger partial charge in [-0.2, -0.15) is 0 Å². The van der Waals surface area contributed by atoms with Crippen molar-refractivity contribution in [3.05, 3.63) is 24.3 Å². The summed E-state index contributed by atoms with van der Waals surface area (Å²) in [5.41, 5.74) is 6.58. The van der Waals surface area contributed by atoms with Crippen LogP contribution in [-0.2, 0) is 9.59 Å². The maximum Gasteiger partial charge on any atom is 0.265 e. The molecule has 2 N–H and O–H groups in total. The monoisotopic (exact) mass is 331 g/mol. The van der Waals surface area contributed by atoms with Gasteiger partial charge >= 0.3 is 0 Å². The smallest absolute Gasteiger partial charge is 0.265 e. The standard InChI is InChI=1S/C18H25N3O3/c1-13-6-8-20(14(10-13)11-19)17(22)7-9-21-15-4-2-3-5-16(15)24-12-18(21)23/h2-5,13-14H,6-12,19H2,1H3. The Hall–Kier alpha value is -2.08. The minimum Gasteiger partial charge on any atom is -0.482 e. The van der Waals surface area contributed by atoms with E-state index in [1.165, 1.54) is 0 Å². The lowest BCUT2D eigenvalue weighted by Crippen LogP contribution is -2.50. The number of hydrogen-bond donors (Lipinski definition) is 1. The minimum absolute atomic E-state index is 0.0257. The van der Waals surface area contributed by atoms with Crippen LogP contribution in [0.5, 0.6) is 5.75 Å². The van der Waals surface area contributed by atoms with E-state index >= 15 is 0 Å². The highest BCUT2D eigenvalue weighted by Gasteiger charge is 2.30. The topological polar surface area (TPSA) is 75.9 Å². The summed E-state index contributed by atoms with van der Waals surface area (Å²) in [6.45, 7) is 3.86. The molecule has 1 fully saturated rings. The molecule has 6 heteroatoms. The van der Waals surface area contributed by atoms with Gasteiger partial charge in [-0.05, 0) is 30.9 Å². The van der Waals surface area contributed by atoms with E-state index in [-0.39, 0.29) is 24.5 Å². The number of ether oxygens (including phenoxy) is 1. The van der Waals surface area contributed by atoms with Crippen molar-refractivity contribution in [2.24, 2.45) is 11.7 Å². The average molecular weight is 331 g/mol. The predicted octanol–water partition coefficient (Wildman–Crippen LogP) is 1.39. The van der Waals surface area contributed by atoms with Gasteiger partial charge in [-0.15, -0.1) is 0 Å². The molecule has 2 unspecified atom stereocenters. The molecule has 2 atom stereocenters. The van der Waals surface area contributed by atoms with Crippen LogP contribution in [-0.4, -0.2) is 49.0 Å². The van der Waals surface area contributed by atoms with E-state index in [4.69, 9.17) is 10.5 Å². The van der Waals surface area contributed by atoms with Crippen molar-refractivity contribution in [1.29, 1.82) is 0 Å². The first-order chi connectivity index (χ1) is 11.6. The highest BCUT2D eigenvalue weighted by Crippen LogP contribution is 2.31. The van der Waals surface area contributed by atoms with Gasteiger partial charge in [-0.3, -0.25) is 9.59 Å². The van der Waals surface area contributed by atoms with Gasteiger partial charge in [0.15, 0.2) is 6.61 Å². The molecule has 2 aliphatic rings. The van der Waals surface area contributed by atoms with Crippen molar-refractivity contribution < 1.29 is 14.3 Å². The van der Waals surface area contributed by atoms with Crippen LogP contribution in [0.25, 0.3) is 0 Å². The molecular formula is C18H25N3O3. The molecule has 1 aromatic rings. The first-order valence-corrected chi connectivity index (χ1v) is 8.62. The molecule has 2 heterocycles. The Labute approximate surface area is 142 Å². The number of carbonyl (C=O) groups excluding carboxylic acids is 2. The summed E-state index contributed by atoms with van der Waals surface area (Å²) < 4.78 is 5.43. The molecule has 0 spiro atoms. The SMILES string of the molecule is CC1CCN(C(=O)CCN2C(=O)COc3ccccc32)C(CN)C1. The van der Waals surface area contributed by atoms with Crippen LogP contribution in [0.3, 0.4) is 0 Å². The van der Waals surface area contributed by atoms with Gasteiger partial charge in [0, 0.05) is 32.1 Å². The molecule has 0 aliphatic carbocycles. The molecule has 1 saturated heterocycles. The number of likely N-dealkylation sites (tertiary alicyclic amines) is 1. The van der Waals surface area contributed by atoms with E-state index in [0.29, 0.717) is 31.2 Å². The highest BCUT2D eigenvalue weighted by atomic mass is 16.5. The van der Waals surface area contributed by atoms with E-state index in [2.05, 4.69) is 6.92 Å². The summed E-state index contributed by atoms with van der Waals surface area (Å²) in [7, 11) is 0. The third kappa shape index (κ3) is 3.38. The van der Waals surface area contributed by atoms with E-state index in [9.17, 15) is 9.59 Å². The average Bonchev–Trinajstić information content (AvgIpc) is 2.60.